The molecule has 3 heterocycles. The Labute approximate surface area is 277 Å². The molecule has 2 aromatic rings. The lowest BCUT2D eigenvalue weighted by Crippen LogP contribution is -2.56. The number of fused-ring (bicyclic) bond motifs is 1. The number of carbonyl (C=O) groups is 3. The molecule has 46 heavy (non-hydrogen) atoms. The predicted molar refractivity (Wildman–Crippen MR) is 185 cm³/mol. The van der Waals surface area contributed by atoms with E-state index in [0.29, 0.717) is 24.9 Å². The van der Waals surface area contributed by atoms with Crippen LogP contribution in [0.3, 0.4) is 0 Å². The normalized spacial score (nSPS) is 26.8. The number of benzene rings is 2. The second kappa shape index (κ2) is 14.1. The summed E-state index contributed by atoms with van der Waals surface area (Å²) in [5.41, 5.74) is 2.50. The Morgan fingerprint density at radius 1 is 1.07 bits per heavy atom. The number of aliphatic hydroxyl groups is 1. The number of hydrogen-bond acceptors (Lipinski definition) is 7. The molecule has 6 atom stereocenters. The fourth-order valence-electron chi connectivity index (χ4n) is 7.89. The van der Waals surface area contributed by atoms with Crippen LogP contribution in [0.5, 0.6) is 0 Å². The van der Waals surface area contributed by atoms with E-state index in [1.165, 1.54) is 0 Å². The van der Waals surface area contributed by atoms with Crippen LogP contribution in [0.1, 0.15) is 58.1 Å². The molecule has 2 amide bonds. The van der Waals surface area contributed by atoms with Crippen molar-refractivity contribution in [2.75, 3.05) is 42.6 Å². The van der Waals surface area contributed by atoms with E-state index in [1.54, 1.807) is 33.7 Å². The fraction of sp³-hybridized carbons (Fsp3) is 0.486. The summed E-state index contributed by atoms with van der Waals surface area (Å²) < 4.78 is 4.38. The number of likely N-dealkylation sites (tertiary alicyclic amines) is 1. The van der Waals surface area contributed by atoms with Crippen molar-refractivity contribution in [2.24, 2.45) is 11.8 Å². The first-order valence-corrected chi connectivity index (χ1v) is 17.3. The minimum atomic E-state index is -0.907. The average Bonchev–Trinajstić information content (AvgIpc) is 3.64. The van der Waals surface area contributed by atoms with Gasteiger partial charge in [-0.3, -0.25) is 14.4 Å². The van der Waals surface area contributed by atoms with Crippen molar-refractivity contribution < 1.29 is 24.2 Å². The monoisotopic (exact) mass is 645 g/mol. The van der Waals surface area contributed by atoms with Gasteiger partial charge in [0.1, 0.15) is 6.04 Å². The number of amides is 2. The van der Waals surface area contributed by atoms with Crippen LogP contribution in [0.4, 0.5) is 11.4 Å². The summed E-state index contributed by atoms with van der Waals surface area (Å²) in [4.78, 5) is 49.2. The van der Waals surface area contributed by atoms with E-state index in [0.717, 1.165) is 30.8 Å². The zero-order chi connectivity index (χ0) is 33.1. The van der Waals surface area contributed by atoms with Gasteiger partial charge in [0.05, 0.1) is 35.8 Å². The summed E-state index contributed by atoms with van der Waals surface area (Å²) >= 11 is 1.60. The van der Waals surface area contributed by atoms with Crippen LogP contribution in [-0.2, 0) is 19.1 Å². The van der Waals surface area contributed by atoms with Gasteiger partial charge in [0.2, 0.25) is 5.91 Å². The lowest BCUT2D eigenvalue weighted by Gasteiger charge is -2.39. The molecular formula is C37H47N3O5S. The van der Waals surface area contributed by atoms with Gasteiger partial charge in [-0.05, 0) is 76.3 Å². The number of thioether (sulfide) groups is 1. The number of ether oxygens (including phenoxy) is 1. The van der Waals surface area contributed by atoms with Gasteiger partial charge >= 0.3 is 5.97 Å². The second-order valence-electron chi connectivity index (χ2n) is 12.6. The molecule has 9 heteroatoms. The molecule has 1 N–H and O–H groups in total. The second-order valence-corrected chi connectivity index (χ2v) is 14.5. The highest BCUT2D eigenvalue weighted by Gasteiger charge is 2.78. The van der Waals surface area contributed by atoms with E-state index in [1.807, 2.05) is 61.5 Å². The number of hydrogen-bond donors (Lipinski definition) is 1. The average molecular weight is 646 g/mol. The third-order valence-corrected chi connectivity index (χ3v) is 12.0. The van der Waals surface area contributed by atoms with Crippen LogP contribution in [0.15, 0.2) is 79.9 Å². The number of carbonyl (C=O) groups excluding carboxylic acids is 3. The molecule has 2 aromatic carbocycles. The molecule has 1 spiro atoms. The van der Waals surface area contributed by atoms with Crippen LogP contribution in [0, 0.1) is 11.8 Å². The standard InChI is InChI=1S/C37H47N3O5S/c1-6-10-14-24-45-35(44)31-30-33(42)40(29(25-41)26-15-12-11-13-16-26)32(37(30)22-21-36(31,5)46-37)34(43)39(23-7-2)28-19-17-27(18-20-28)38(8-3)9-4/h6-7,11-13,15-20,29-32,41H,1-2,8-10,14,21-25H2,3-5H3/t29-,30+,31-,32?,36+,37?/m1/s1. The van der Waals surface area contributed by atoms with Crippen LogP contribution in [-0.4, -0.2) is 76.2 Å². The predicted octanol–water partition coefficient (Wildman–Crippen LogP) is 5.78. The Balaban J connectivity index is 1.59. The van der Waals surface area contributed by atoms with E-state index in [-0.39, 0.29) is 37.5 Å². The summed E-state index contributed by atoms with van der Waals surface area (Å²) in [6.07, 6.45) is 6.15. The number of allylic oxidation sites excluding steroid dienone is 1. The molecule has 2 bridgehead atoms. The summed E-state index contributed by atoms with van der Waals surface area (Å²) in [5.74, 6) is -2.34. The summed E-state index contributed by atoms with van der Waals surface area (Å²) in [6, 6.07) is 15.6. The molecule has 246 valence electrons. The van der Waals surface area contributed by atoms with E-state index in [9.17, 15) is 14.7 Å². The van der Waals surface area contributed by atoms with Crippen molar-refractivity contribution in [2.45, 2.75) is 68.0 Å². The molecule has 3 saturated heterocycles. The fourth-order valence-corrected chi connectivity index (χ4v) is 10.2. The molecular weight excluding hydrogens is 598 g/mol. The Hall–Kier alpha value is -3.56. The Morgan fingerprint density at radius 2 is 1.74 bits per heavy atom. The van der Waals surface area contributed by atoms with Crippen molar-refractivity contribution in [1.82, 2.24) is 4.90 Å². The molecule has 2 unspecified atom stereocenters. The number of aliphatic hydroxyl groups excluding tert-OH is 1. The maximum absolute atomic E-state index is 15.1. The molecule has 0 saturated carbocycles. The highest BCUT2D eigenvalue weighted by atomic mass is 32.2. The van der Waals surface area contributed by atoms with Crippen molar-refractivity contribution >= 4 is 40.9 Å². The number of anilines is 2. The van der Waals surface area contributed by atoms with E-state index >= 15 is 4.79 Å². The van der Waals surface area contributed by atoms with E-state index in [2.05, 4.69) is 31.9 Å². The number of nitrogens with zero attached hydrogens (tertiary/aromatic N) is 3. The van der Waals surface area contributed by atoms with Gasteiger partial charge in [-0.25, -0.2) is 0 Å². The van der Waals surface area contributed by atoms with Gasteiger partial charge in [0, 0.05) is 35.8 Å². The maximum atomic E-state index is 15.1. The molecule has 8 nitrogen and oxygen atoms in total. The molecule has 3 aliphatic rings. The van der Waals surface area contributed by atoms with E-state index < -0.39 is 33.4 Å². The summed E-state index contributed by atoms with van der Waals surface area (Å²) in [7, 11) is 0. The van der Waals surface area contributed by atoms with Gasteiger partial charge in [-0.15, -0.1) is 24.9 Å². The highest BCUT2D eigenvalue weighted by molar-refractivity contribution is 8.02. The zero-order valence-corrected chi connectivity index (χ0v) is 28.1. The summed E-state index contributed by atoms with van der Waals surface area (Å²) in [6.45, 7) is 15.8. The molecule has 3 aliphatic heterocycles. The van der Waals surface area contributed by atoms with Gasteiger partial charge in [-0.2, -0.15) is 0 Å². The van der Waals surface area contributed by atoms with Crippen molar-refractivity contribution in [3.05, 3.63) is 85.5 Å². The first-order chi connectivity index (χ1) is 22.2. The minimum Gasteiger partial charge on any atom is -0.465 e. The molecule has 3 fully saturated rings. The first kappa shape index (κ1) is 33.8. The van der Waals surface area contributed by atoms with Crippen LogP contribution in [0.25, 0.3) is 0 Å². The number of unbranched alkanes of at least 4 members (excludes halogenated alkanes) is 1. The SMILES string of the molecule is C=CCCCOC(=O)[C@H]1[C@H]2C(=O)N([C@H](CO)c3ccccc3)C(C(=O)N(CC=C)c3ccc(N(CC)CC)cc3)C23CC[C@]1(C)S3. The Bertz CT molecular complexity index is 1430. The zero-order valence-electron chi connectivity index (χ0n) is 27.3. The van der Waals surface area contributed by atoms with Crippen LogP contribution >= 0.6 is 11.8 Å². The topological polar surface area (TPSA) is 90.4 Å². The smallest absolute Gasteiger partial charge is 0.311 e. The largest absolute Gasteiger partial charge is 0.465 e. The lowest BCUT2D eigenvalue weighted by atomic mass is 9.66. The highest BCUT2D eigenvalue weighted by Crippen LogP contribution is 2.72. The van der Waals surface area contributed by atoms with Gasteiger partial charge in [-0.1, -0.05) is 42.5 Å². The van der Waals surface area contributed by atoms with Crippen molar-refractivity contribution in [1.29, 1.82) is 0 Å². The van der Waals surface area contributed by atoms with Gasteiger partial charge in [0.15, 0.2) is 0 Å². The lowest BCUT2D eigenvalue weighted by molar-refractivity contribution is -0.156. The molecule has 0 aliphatic carbocycles. The minimum absolute atomic E-state index is 0.238. The maximum Gasteiger partial charge on any atom is 0.311 e. The number of esters is 1. The molecule has 5 rings (SSSR count). The first-order valence-electron chi connectivity index (χ1n) is 16.4. The Kier molecular flexibility index (Phi) is 10.3. The van der Waals surface area contributed by atoms with Gasteiger partial charge in [0.25, 0.3) is 5.91 Å². The van der Waals surface area contributed by atoms with Crippen LogP contribution in [0.2, 0.25) is 0 Å². The van der Waals surface area contributed by atoms with Crippen molar-refractivity contribution in [3.8, 4) is 0 Å². The third-order valence-electron chi connectivity index (χ3n) is 10.1. The summed E-state index contributed by atoms with van der Waals surface area (Å²) in [5, 5.41) is 10.8. The molecule has 0 radical (unpaired) electrons. The third kappa shape index (κ3) is 5.77. The quantitative estimate of drug-likeness (QED) is 0.149. The van der Waals surface area contributed by atoms with Gasteiger partial charge < -0.3 is 24.5 Å². The van der Waals surface area contributed by atoms with Crippen molar-refractivity contribution in [3.63, 3.8) is 0 Å². The molecule has 0 aromatic heterocycles. The van der Waals surface area contributed by atoms with Crippen LogP contribution < -0.4 is 9.80 Å². The Morgan fingerprint density at radius 3 is 2.35 bits per heavy atom. The number of rotatable bonds is 15. The van der Waals surface area contributed by atoms with E-state index in [4.69, 9.17) is 4.74 Å².